The lowest BCUT2D eigenvalue weighted by molar-refractivity contribution is -0.144. The molecule has 3 amide bonds. The Hall–Kier alpha value is -3.67. The van der Waals surface area contributed by atoms with E-state index in [2.05, 4.69) is 0 Å². The molecule has 2 saturated heterocycles. The van der Waals surface area contributed by atoms with E-state index in [1.807, 2.05) is 63.5 Å². The van der Waals surface area contributed by atoms with E-state index in [0.717, 1.165) is 5.52 Å². The van der Waals surface area contributed by atoms with Crippen molar-refractivity contribution in [2.24, 2.45) is 17.3 Å². The molecule has 1 N–H and O–H groups in total. The molecule has 12 nitrogen and oxygen atoms in total. The maximum Gasteiger partial charge on any atom is 0.407 e. The molecule has 4 rings (SSSR count). The fourth-order valence-electron chi connectivity index (χ4n) is 6.78. The van der Waals surface area contributed by atoms with Crippen LogP contribution in [0.4, 0.5) is 4.79 Å². The molecular weight excluding hydrogens is 578 g/mol. The number of aryl methyl sites for hydroxylation is 1. The van der Waals surface area contributed by atoms with Crippen molar-refractivity contribution in [2.45, 2.75) is 79.4 Å². The van der Waals surface area contributed by atoms with Gasteiger partial charge in [0.2, 0.25) is 5.91 Å². The van der Waals surface area contributed by atoms with Crippen LogP contribution in [0.3, 0.4) is 0 Å². The normalized spacial score (nSPS) is 20.8. The minimum atomic E-state index is -1.11. The second-order valence-corrected chi connectivity index (χ2v) is 13.5. The summed E-state index contributed by atoms with van der Waals surface area (Å²) >= 11 is 0. The van der Waals surface area contributed by atoms with Crippen LogP contribution >= 0.6 is 0 Å². The SMILES string of the molecule is CCOC(=O)CCCn1c(C(=O)N(CC(C)C)[C@H]2C[C@@H](C(=O)N3CCOCC3)CN(C(=O)O)C2C(C)(C)C)nc2ccccc21. The summed E-state index contributed by atoms with van der Waals surface area (Å²) in [6, 6.07) is 6.36. The molecule has 1 unspecified atom stereocenters. The smallest absolute Gasteiger partial charge is 0.407 e. The minimum Gasteiger partial charge on any atom is -0.466 e. The Morgan fingerprint density at radius 1 is 1.13 bits per heavy atom. The molecule has 248 valence electrons. The highest BCUT2D eigenvalue weighted by molar-refractivity contribution is 5.95. The largest absolute Gasteiger partial charge is 0.466 e. The average Bonchev–Trinajstić information content (AvgIpc) is 3.37. The molecule has 45 heavy (non-hydrogen) atoms. The van der Waals surface area contributed by atoms with E-state index in [4.69, 9.17) is 14.5 Å². The van der Waals surface area contributed by atoms with Crippen LogP contribution in [0.5, 0.6) is 0 Å². The number of ether oxygens (including phenoxy) is 2. The lowest BCUT2D eigenvalue weighted by Gasteiger charge is -2.52. The zero-order valence-corrected chi connectivity index (χ0v) is 27.5. The molecule has 2 aromatic rings. The number of hydrogen-bond donors (Lipinski definition) is 1. The number of benzene rings is 1. The van der Waals surface area contributed by atoms with Crippen molar-refractivity contribution in [1.29, 1.82) is 0 Å². The van der Waals surface area contributed by atoms with E-state index in [1.54, 1.807) is 16.7 Å². The monoisotopic (exact) mass is 627 g/mol. The molecule has 0 radical (unpaired) electrons. The Bertz CT molecular complexity index is 1360. The van der Waals surface area contributed by atoms with Gasteiger partial charge in [0.1, 0.15) is 0 Å². The van der Waals surface area contributed by atoms with Crippen molar-refractivity contribution < 1.29 is 33.8 Å². The van der Waals surface area contributed by atoms with Gasteiger partial charge in [0.15, 0.2) is 5.82 Å². The third-order valence-corrected chi connectivity index (χ3v) is 8.59. The van der Waals surface area contributed by atoms with Crippen LogP contribution < -0.4 is 0 Å². The highest BCUT2D eigenvalue weighted by Gasteiger charge is 2.50. The number of hydrogen-bond acceptors (Lipinski definition) is 7. The van der Waals surface area contributed by atoms with Gasteiger partial charge in [-0.1, -0.05) is 46.8 Å². The number of imidazole rings is 1. The standard InChI is InChI=1S/C33H49N5O7/c1-7-45-27(39)13-10-14-36-25-12-9-8-11-24(25)34-29(36)31(41)37(20-22(2)3)26-19-23(30(40)35-15-17-44-18-16-35)21-38(32(42)43)28(26)33(4,5)6/h8-9,11-12,22-23,26,28H,7,10,13-21H2,1-6H3,(H,42,43)/t23-,26+,28?/m1/s1. The van der Waals surface area contributed by atoms with Crippen LogP contribution in [-0.2, 0) is 25.6 Å². The number of rotatable bonds is 10. The molecule has 3 atom stereocenters. The van der Waals surface area contributed by atoms with Gasteiger partial charge in [0.05, 0.1) is 48.9 Å². The summed E-state index contributed by atoms with van der Waals surface area (Å²) in [6.07, 6.45) is -0.107. The van der Waals surface area contributed by atoms with Gasteiger partial charge in [-0.15, -0.1) is 0 Å². The number of piperidine rings is 1. The lowest BCUT2D eigenvalue weighted by atomic mass is 9.74. The van der Waals surface area contributed by atoms with E-state index in [0.29, 0.717) is 64.4 Å². The second kappa shape index (κ2) is 14.6. The van der Waals surface area contributed by atoms with Crippen molar-refractivity contribution in [3.05, 3.63) is 30.1 Å². The molecule has 1 aromatic heterocycles. The molecule has 0 spiro atoms. The van der Waals surface area contributed by atoms with Gasteiger partial charge >= 0.3 is 12.1 Å². The number of aromatic nitrogens is 2. The maximum absolute atomic E-state index is 14.8. The first-order valence-corrected chi connectivity index (χ1v) is 16.1. The van der Waals surface area contributed by atoms with Gasteiger partial charge in [-0.05, 0) is 43.2 Å². The molecule has 2 aliphatic heterocycles. The van der Waals surface area contributed by atoms with E-state index in [9.17, 15) is 24.3 Å². The van der Waals surface area contributed by atoms with Crippen LogP contribution in [0.15, 0.2) is 24.3 Å². The van der Waals surface area contributed by atoms with Crippen LogP contribution in [0, 0.1) is 17.3 Å². The van der Waals surface area contributed by atoms with E-state index >= 15 is 0 Å². The number of likely N-dealkylation sites (tertiary alicyclic amines) is 1. The first-order valence-electron chi connectivity index (χ1n) is 16.1. The summed E-state index contributed by atoms with van der Waals surface area (Å²) in [6.45, 7) is 14.7. The number of carbonyl (C=O) groups is 4. The Balaban J connectivity index is 1.76. The summed E-state index contributed by atoms with van der Waals surface area (Å²) in [5, 5.41) is 10.5. The molecule has 2 aliphatic rings. The topological polar surface area (TPSA) is 135 Å². The molecule has 0 aliphatic carbocycles. The molecular formula is C33H49N5O7. The fourth-order valence-corrected chi connectivity index (χ4v) is 6.78. The zero-order chi connectivity index (χ0) is 32.9. The van der Waals surface area contributed by atoms with Crippen molar-refractivity contribution in [1.82, 2.24) is 24.3 Å². The predicted octanol–water partition coefficient (Wildman–Crippen LogP) is 4.12. The molecule has 0 saturated carbocycles. The van der Waals surface area contributed by atoms with Crippen molar-refractivity contribution >= 4 is 34.9 Å². The van der Waals surface area contributed by atoms with Crippen LogP contribution in [0.25, 0.3) is 11.0 Å². The Morgan fingerprint density at radius 3 is 2.44 bits per heavy atom. The number of morpholine rings is 1. The summed E-state index contributed by atoms with van der Waals surface area (Å²) in [4.78, 5) is 63.1. The minimum absolute atomic E-state index is 0.0600. The third-order valence-electron chi connectivity index (χ3n) is 8.59. The molecule has 0 bridgehead atoms. The molecule has 3 heterocycles. The van der Waals surface area contributed by atoms with Crippen molar-refractivity contribution in [2.75, 3.05) is 46.0 Å². The van der Waals surface area contributed by atoms with Crippen molar-refractivity contribution in [3.8, 4) is 0 Å². The van der Waals surface area contributed by atoms with Gasteiger partial charge in [-0.25, -0.2) is 9.78 Å². The number of carbonyl (C=O) groups excluding carboxylic acids is 3. The van der Waals surface area contributed by atoms with E-state index in [1.165, 1.54) is 4.90 Å². The zero-order valence-electron chi connectivity index (χ0n) is 27.5. The van der Waals surface area contributed by atoms with Crippen LogP contribution in [-0.4, -0.2) is 111 Å². The molecule has 2 fully saturated rings. The van der Waals surface area contributed by atoms with Crippen LogP contribution in [0.1, 0.15) is 71.4 Å². The van der Waals surface area contributed by atoms with Gasteiger partial charge < -0.3 is 33.8 Å². The average molecular weight is 628 g/mol. The lowest BCUT2D eigenvalue weighted by Crippen LogP contribution is -2.66. The molecule has 12 heteroatoms. The number of carboxylic acid groups (broad SMARTS) is 1. The third kappa shape index (κ3) is 7.95. The Labute approximate surface area is 265 Å². The Morgan fingerprint density at radius 2 is 1.82 bits per heavy atom. The fraction of sp³-hybridized carbons (Fsp3) is 0.667. The maximum atomic E-state index is 14.8. The van der Waals surface area contributed by atoms with Crippen molar-refractivity contribution in [3.63, 3.8) is 0 Å². The summed E-state index contributed by atoms with van der Waals surface area (Å²) in [5.74, 6) is -1.03. The van der Waals surface area contributed by atoms with Crippen LogP contribution in [0.2, 0.25) is 0 Å². The highest BCUT2D eigenvalue weighted by Crippen LogP contribution is 2.38. The highest BCUT2D eigenvalue weighted by atomic mass is 16.5. The number of para-hydroxylation sites is 2. The van der Waals surface area contributed by atoms with E-state index < -0.39 is 29.5 Å². The second-order valence-electron chi connectivity index (χ2n) is 13.5. The first-order chi connectivity index (χ1) is 21.3. The van der Waals surface area contributed by atoms with Gasteiger partial charge in [-0.2, -0.15) is 0 Å². The first kappa shape index (κ1) is 34.2. The summed E-state index contributed by atoms with van der Waals surface area (Å²) in [7, 11) is 0. The Kier molecular flexibility index (Phi) is 11.1. The quantitative estimate of drug-likeness (QED) is 0.389. The number of esters is 1. The van der Waals surface area contributed by atoms with E-state index in [-0.39, 0.29) is 42.5 Å². The number of amides is 3. The summed E-state index contributed by atoms with van der Waals surface area (Å²) < 4.78 is 12.4. The number of fused-ring (bicyclic) bond motifs is 1. The summed E-state index contributed by atoms with van der Waals surface area (Å²) in [5.41, 5.74) is 0.897. The molecule has 1 aromatic carbocycles. The van der Waals surface area contributed by atoms with Gasteiger partial charge in [0, 0.05) is 39.1 Å². The van der Waals surface area contributed by atoms with Gasteiger partial charge in [0.25, 0.3) is 5.91 Å². The van der Waals surface area contributed by atoms with Gasteiger partial charge in [-0.3, -0.25) is 14.4 Å². The number of nitrogens with zero attached hydrogens (tertiary/aromatic N) is 5. The predicted molar refractivity (Wildman–Crippen MR) is 169 cm³/mol.